The van der Waals surface area contributed by atoms with Crippen molar-refractivity contribution in [1.82, 2.24) is 0 Å². The monoisotopic (exact) mass is 272 g/mol. The molecular weight excluding hydrogens is 252 g/mol. The van der Waals surface area contributed by atoms with Gasteiger partial charge in [0.1, 0.15) is 11.3 Å². The maximum Gasteiger partial charge on any atom is 0.339 e. The standard InChI is InChI=1S/C17H20O3/c18-15-2-1-13(6-14(15)16(19)20)17-7-10-3-11(8-17)5-12(4-10)9-17/h1-2,6,10-12,18H,3-5,7-9H2,(H,19,20). The molecule has 0 unspecified atom stereocenters. The maximum atomic E-state index is 11.2. The van der Waals surface area contributed by atoms with Crippen LogP contribution >= 0.6 is 0 Å². The van der Waals surface area contributed by atoms with E-state index in [0.29, 0.717) is 0 Å². The van der Waals surface area contributed by atoms with Crippen LogP contribution in [0, 0.1) is 17.8 Å². The van der Waals surface area contributed by atoms with Crippen molar-refractivity contribution < 1.29 is 15.0 Å². The van der Waals surface area contributed by atoms with E-state index in [1.165, 1.54) is 38.5 Å². The third-order valence-electron chi connectivity index (χ3n) is 5.88. The number of carboxylic acid groups (broad SMARTS) is 1. The van der Waals surface area contributed by atoms with Crippen molar-refractivity contribution >= 4 is 5.97 Å². The van der Waals surface area contributed by atoms with Gasteiger partial charge in [0.25, 0.3) is 0 Å². The zero-order valence-electron chi connectivity index (χ0n) is 11.5. The van der Waals surface area contributed by atoms with Gasteiger partial charge in [-0.15, -0.1) is 0 Å². The van der Waals surface area contributed by atoms with E-state index in [1.54, 1.807) is 12.1 Å². The van der Waals surface area contributed by atoms with Gasteiger partial charge in [-0.05, 0) is 79.4 Å². The van der Waals surface area contributed by atoms with Crippen molar-refractivity contribution in [3.8, 4) is 5.75 Å². The second-order valence-electron chi connectivity index (χ2n) is 7.23. The molecule has 4 saturated carbocycles. The van der Waals surface area contributed by atoms with E-state index in [1.807, 2.05) is 6.07 Å². The van der Waals surface area contributed by atoms with E-state index in [0.717, 1.165) is 23.3 Å². The average Bonchev–Trinajstić information content (AvgIpc) is 2.37. The number of benzene rings is 1. The predicted octanol–water partition coefficient (Wildman–Crippen LogP) is 3.56. The number of phenols is 1. The summed E-state index contributed by atoms with van der Waals surface area (Å²) in [5, 5.41) is 18.9. The van der Waals surface area contributed by atoms with Gasteiger partial charge in [-0.1, -0.05) is 6.07 Å². The summed E-state index contributed by atoms with van der Waals surface area (Å²) in [6.45, 7) is 0. The minimum atomic E-state index is -1.03. The van der Waals surface area contributed by atoms with Gasteiger partial charge in [-0.3, -0.25) is 0 Å². The molecule has 20 heavy (non-hydrogen) atoms. The molecule has 0 aliphatic heterocycles. The lowest BCUT2D eigenvalue weighted by molar-refractivity contribution is -0.00523. The highest BCUT2D eigenvalue weighted by molar-refractivity contribution is 5.91. The molecule has 0 atom stereocenters. The first kappa shape index (κ1) is 12.2. The Morgan fingerprint density at radius 2 is 1.60 bits per heavy atom. The number of aromatic hydroxyl groups is 1. The Balaban J connectivity index is 1.77. The molecular formula is C17H20O3. The van der Waals surface area contributed by atoms with Crippen molar-refractivity contribution in [2.75, 3.05) is 0 Å². The van der Waals surface area contributed by atoms with Gasteiger partial charge >= 0.3 is 5.97 Å². The summed E-state index contributed by atoms with van der Waals surface area (Å²) in [7, 11) is 0. The molecule has 0 heterocycles. The maximum absolute atomic E-state index is 11.2. The van der Waals surface area contributed by atoms with Crippen LogP contribution in [-0.4, -0.2) is 16.2 Å². The molecule has 106 valence electrons. The quantitative estimate of drug-likeness (QED) is 0.865. The van der Waals surface area contributed by atoms with E-state index >= 15 is 0 Å². The third-order valence-corrected chi connectivity index (χ3v) is 5.88. The third kappa shape index (κ3) is 1.68. The smallest absolute Gasteiger partial charge is 0.339 e. The van der Waals surface area contributed by atoms with E-state index in [9.17, 15) is 15.0 Å². The lowest BCUT2D eigenvalue weighted by Crippen LogP contribution is -2.48. The summed E-state index contributed by atoms with van der Waals surface area (Å²) in [5.74, 6) is 1.36. The molecule has 0 spiro atoms. The van der Waals surface area contributed by atoms with Gasteiger partial charge < -0.3 is 10.2 Å². The largest absolute Gasteiger partial charge is 0.507 e. The van der Waals surface area contributed by atoms with Gasteiger partial charge in [0.05, 0.1) is 0 Å². The van der Waals surface area contributed by atoms with Crippen LogP contribution in [0.5, 0.6) is 5.75 Å². The minimum Gasteiger partial charge on any atom is -0.507 e. The molecule has 4 aliphatic carbocycles. The van der Waals surface area contributed by atoms with Crippen molar-refractivity contribution in [3.05, 3.63) is 29.3 Å². The summed E-state index contributed by atoms with van der Waals surface area (Å²) >= 11 is 0. The van der Waals surface area contributed by atoms with Crippen LogP contribution in [0.3, 0.4) is 0 Å². The number of carboxylic acids is 1. The first-order valence-corrected chi connectivity index (χ1v) is 7.62. The Hall–Kier alpha value is -1.51. The highest BCUT2D eigenvalue weighted by Crippen LogP contribution is 2.60. The van der Waals surface area contributed by atoms with Crippen LogP contribution in [0.15, 0.2) is 18.2 Å². The van der Waals surface area contributed by atoms with Crippen LogP contribution < -0.4 is 0 Å². The first-order valence-electron chi connectivity index (χ1n) is 7.62. The van der Waals surface area contributed by atoms with Crippen molar-refractivity contribution in [1.29, 1.82) is 0 Å². The lowest BCUT2D eigenvalue weighted by atomic mass is 9.48. The number of hydrogen-bond acceptors (Lipinski definition) is 2. The topological polar surface area (TPSA) is 57.5 Å². The van der Waals surface area contributed by atoms with Gasteiger partial charge in [-0.2, -0.15) is 0 Å². The zero-order chi connectivity index (χ0) is 13.9. The summed E-state index contributed by atoms with van der Waals surface area (Å²) in [6, 6.07) is 5.25. The van der Waals surface area contributed by atoms with Crippen molar-refractivity contribution in [3.63, 3.8) is 0 Å². The van der Waals surface area contributed by atoms with Gasteiger partial charge in [0, 0.05) is 0 Å². The normalized spacial score (nSPS) is 38.1. The van der Waals surface area contributed by atoms with Crippen LogP contribution in [-0.2, 0) is 5.41 Å². The molecule has 1 aromatic carbocycles. The van der Waals surface area contributed by atoms with E-state index < -0.39 is 5.97 Å². The second kappa shape index (κ2) is 4.00. The Bertz CT molecular complexity index is 540. The van der Waals surface area contributed by atoms with Crippen LogP contribution in [0.25, 0.3) is 0 Å². The van der Waals surface area contributed by atoms with Gasteiger partial charge in [0.2, 0.25) is 0 Å². The average molecular weight is 272 g/mol. The SMILES string of the molecule is O=C(O)c1cc(C23CC4CC(CC(C4)C2)C3)ccc1O. The number of hydrogen-bond donors (Lipinski definition) is 2. The molecule has 0 radical (unpaired) electrons. The molecule has 0 aromatic heterocycles. The molecule has 3 heteroatoms. The summed E-state index contributed by atoms with van der Waals surface area (Å²) in [6.07, 6.45) is 7.77. The Labute approximate surface area is 118 Å². The Morgan fingerprint density at radius 3 is 2.10 bits per heavy atom. The fraction of sp³-hybridized carbons (Fsp3) is 0.588. The molecule has 4 fully saturated rings. The van der Waals surface area contributed by atoms with E-state index in [-0.39, 0.29) is 16.7 Å². The van der Waals surface area contributed by atoms with Gasteiger partial charge in [0.15, 0.2) is 0 Å². The summed E-state index contributed by atoms with van der Waals surface area (Å²) in [4.78, 5) is 11.2. The van der Waals surface area contributed by atoms with Crippen LogP contribution in [0.4, 0.5) is 0 Å². The summed E-state index contributed by atoms with van der Waals surface area (Å²) < 4.78 is 0. The first-order chi connectivity index (χ1) is 9.56. The fourth-order valence-electron chi connectivity index (χ4n) is 5.50. The summed E-state index contributed by atoms with van der Waals surface area (Å²) in [5.41, 5.74) is 1.39. The molecule has 5 rings (SSSR count). The lowest BCUT2D eigenvalue weighted by Gasteiger charge is -2.57. The number of carbonyl (C=O) groups is 1. The zero-order valence-corrected chi connectivity index (χ0v) is 11.5. The fourth-order valence-corrected chi connectivity index (χ4v) is 5.50. The van der Waals surface area contributed by atoms with E-state index in [2.05, 4.69) is 0 Å². The molecule has 1 aromatic rings. The predicted molar refractivity (Wildman–Crippen MR) is 74.9 cm³/mol. The van der Waals surface area contributed by atoms with Gasteiger partial charge in [-0.25, -0.2) is 4.79 Å². The molecule has 0 saturated heterocycles. The molecule has 4 bridgehead atoms. The van der Waals surface area contributed by atoms with Crippen molar-refractivity contribution in [2.45, 2.75) is 43.9 Å². The Kier molecular flexibility index (Phi) is 2.45. The highest BCUT2D eigenvalue weighted by atomic mass is 16.4. The highest BCUT2D eigenvalue weighted by Gasteiger charge is 2.51. The van der Waals surface area contributed by atoms with E-state index in [4.69, 9.17) is 0 Å². The molecule has 4 aliphatic rings. The number of rotatable bonds is 2. The second-order valence-corrected chi connectivity index (χ2v) is 7.23. The molecule has 2 N–H and O–H groups in total. The van der Waals surface area contributed by atoms with Crippen LogP contribution in [0.2, 0.25) is 0 Å². The van der Waals surface area contributed by atoms with Crippen LogP contribution in [0.1, 0.15) is 54.4 Å². The minimum absolute atomic E-state index is 0.0539. The number of aromatic carboxylic acids is 1. The molecule has 3 nitrogen and oxygen atoms in total. The Morgan fingerprint density at radius 1 is 1.05 bits per heavy atom. The van der Waals surface area contributed by atoms with Crippen molar-refractivity contribution in [2.24, 2.45) is 17.8 Å². The molecule has 0 amide bonds.